The molecule has 3 atom stereocenters. The van der Waals surface area contributed by atoms with Crippen molar-refractivity contribution in [3.8, 4) is 0 Å². The molecule has 3 aliphatic rings. The van der Waals surface area contributed by atoms with Crippen LogP contribution in [0.5, 0.6) is 0 Å². The van der Waals surface area contributed by atoms with Gasteiger partial charge in [0.15, 0.2) is 4.90 Å². The van der Waals surface area contributed by atoms with Crippen molar-refractivity contribution >= 4 is 15.9 Å². The molecule has 2 saturated carbocycles. The van der Waals surface area contributed by atoms with Crippen molar-refractivity contribution < 1.29 is 13.2 Å². The van der Waals surface area contributed by atoms with E-state index in [1.807, 2.05) is 0 Å². The summed E-state index contributed by atoms with van der Waals surface area (Å²) in [7, 11) is -1.35. The molecular weight excluding hydrogens is 396 g/mol. The molecule has 1 aliphatic heterocycles. The Morgan fingerprint density at radius 1 is 1.14 bits per heavy atom. The summed E-state index contributed by atoms with van der Waals surface area (Å²) in [6.45, 7) is 0.564. The van der Waals surface area contributed by atoms with Crippen LogP contribution < -0.4 is 16.6 Å². The van der Waals surface area contributed by atoms with Crippen LogP contribution in [0.25, 0.3) is 0 Å². The van der Waals surface area contributed by atoms with Crippen molar-refractivity contribution in [3.63, 3.8) is 0 Å². The molecule has 9 nitrogen and oxygen atoms in total. The number of nitrogens with one attached hydrogen (secondary N) is 1. The molecule has 29 heavy (non-hydrogen) atoms. The molecule has 2 aliphatic carbocycles. The summed E-state index contributed by atoms with van der Waals surface area (Å²) in [5.41, 5.74) is -1.39. The van der Waals surface area contributed by atoms with Crippen LogP contribution in [0.4, 0.5) is 0 Å². The first-order chi connectivity index (χ1) is 13.7. The third kappa shape index (κ3) is 3.46. The smallest absolute Gasteiger partial charge is 0.330 e. The number of nitrogens with zero attached hydrogens (tertiary/aromatic N) is 3. The highest BCUT2D eigenvalue weighted by Gasteiger charge is 2.50. The molecule has 1 N–H and O–H groups in total. The average Bonchev–Trinajstić information content (AvgIpc) is 3.16. The lowest BCUT2D eigenvalue weighted by Crippen LogP contribution is -2.57. The predicted octanol–water partition coefficient (Wildman–Crippen LogP) is -0.210. The van der Waals surface area contributed by atoms with Crippen LogP contribution in [0.3, 0.4) is 0 Å². The fourth-order valence-corrected chi connectivity index (χ4v) is 6.68. The van der Waals surface area contributed by atoms with Gasteiger partial charge in [-0.1, -0.05) is 12.8 Å². The van der Waals surface area contributed by atoms with E-state index in [9.17, 15) is 22.8 Å². The highest BCUT2D eigenvalue weighted by Crippen LogP contribution is 2.46. The number of hydrogen-bond acceptors (Lipinski definition) is 5. The molecule has 1 saturated heterocycles. The molecule has 0 aromatic carbocycles. The Bertz CT molecular complexity index is 1040. The molecule has 1 aromatic heterocycles. The molecule has 2 heterocycles. The standard InChI is InChI=1S/C19H28N4O5S/c1-21-11-16(18(25)22(2)19(21)26)29(27,28)23-8-7-12-9-14(15(12)10-23)17(24)20-13-5-3-4-6-13/h11-15H,3-10H2,1-2H3,(H,20,24)/t12-,14-,15-/m1/s1. The Hall–Kier alpha value is -1.94. The summed E-state index contributed by atoms with van der Waals surface area (Å²) in [4.78, 5) is 36.6. The summed E-state index contributed by atoms with van der Waals surface area (Å²) in [5.74, 6) is 0.206. The van der Waals surface area contributed by atoms with E-state index in [0.717, 1.165) is 47.4 Å². The van der Waals surface area contributed by atoms with Crippen LogP contribution in [-0.2, 0) is 28.9 Å². The van der Waals surface area contributed by atoms with Crippen LogP contribution in [0, 0.1) is 17.8 Å². The first-order valence-electron chi connectivity index (χ1n) is 10.3. The van der Waals surface area contributed by atoms with Gasteiger partial charge in [-0.25, -0.2) is 13.2 Å². The lowest BCUT2D eigenvalue weighted by atomic mass is 9.61. The van der Waals surface area contributed by atoms with Gasteiger partial charge in [0.05, 0.1) is 0 Å². The van der Waals surface area contributed by atoms with Gasteiger partial charge in [-0.05, 0) is 37.5 Å². The lowest BCUT2D eigenvalue weighted by molar-refractivity contribution is -0.136. The second-order valence-corrected chi connectivity index (χ2v) is 10.6. The van der Waals surface area contributed by atoms with Crippen molar-refractivity contribution in [2.45, 2.75) is 49.5 Å². The third-order valence-corrected chi connectivity index (χ3v) is 8.76. The number of amides is 1. The Labute approximate surface area is 169 Å². The summed E-state index contributed by atoms with van der Waals surface area (Å²) in [6, 6.07) is 0.249. The van der Waals surface area contributed by atoms with Crippen molar-refractivity contribution in [2.24, 2.45) is 31.8 Å². The van der Waals surface area contributed by atoms with Gasteiger partial charge in [-0.15, -0.1) is 0 Å². The van der Waals surface area contributed by atoms with Gasteiger partial charge < -0.3 is 9.88 Å². The number of aromatic nitrogens is 2. The maximum atomic E-state index is 13.2. The number of sulfonamides is 1. The van der Waals surface area contributed by atoms with Gasteiger partial charge in [-0.2, -0.15) is 4.31 Å². The van der Waals surface area contributed by atoms with Gasteiger partial charge in [0.25, 0.3) is 5.56 Å². The van der Waals surface area contributed by atoms with Crippen LogP contribution in [0.15, 0.2) is 20.7 Å². The molecule has 0 bridgehead atoms. The Morgan fingerprint density at radius 2 is 1.83 bits per heavy atom. The molecule has 10 heteroatoms. The second-order valence-electron chi connectivity index (χ2n) is 8.66. The van der Waals surface area contributed by atoms with E-state index < -0.39 is 26.2 Å². The van der Waals surface area contributed by atoms with Crippen LogP contribution in [0.1, 0.15) is 38.5 Å². The normalized spacial score (nSPS) is 28.0. The molecular formula is C19H28N4O5S. The fraction of sp³-hybridized carbons (Fsp3) is 0.737. The van der Waals surface area contributed by atoms with Crippen molar-refractivity contribution in [3.05, 3.63) is 27.0 Å². The highest BCUT2D eigenvalue weighted by atomic mass is 32.2. The van der Waals surface area contributed by atoms with Crippen LogP contribution >= 0.6 is 0 Å². The van der Waals surface area contributed by atoms with Gasteiger partial charge in [-0.3, -0.25) is 14.2 Å². The van der Waals surface area contributed by atoms with E-state index in [0.29, 0.717) is 18.9 Å². The molecule has 160 valence electrons. The minimum Gasteiger partial charge on any atom is -0.353 e. The Morgan fingerprint density at radius 3 is 2.52 bits per heavy atom. The number of rotatable bonds is 4. The molecule has 0 spiro atoms. The number of piperidine rings is 1. The molecule has 3 fully saturated rings. The summed E-state index contributed by atoms with van der Waals surface area (Å²) < 4.78 is 29.5. The maximum Gasteiger partial charge on any atom is 0.330 e. The number of carbonyl (C=O) groups is 1. The maximum absolute atomic E-state index is 13.2. The summed E-state index contributed by atoms with van der Waals surface area (Å²) >= 11 is 0. The first-order valence-corrected chi connectivity index (χ1v) is 11.7. The highest BCUT2D eigenvalue weighted by molar-refractivity contribution is 7.89. The van der Waals surface area contributed by atoms with E-state index in [4.69, 9.17) is 0 Å². The molecule has 4 rings (SSSR count). The SMILES string of the molecule is Cn1cc(S(=O)(=O)N2CC[C@@H]3C[C@@H](C(=O)NC4CCCC4)[C@@H]3C2)c(=O)n(C)c1=O. The van der Waals surface area contributed by atoms with Crippen molar-refractivity contribution in [2.75, 3.05) is 13.1 Å². The summed E-state index contributed by atoms with van der Waals surface area (Å²) in [5, 5.41) is 3.13. The van der Waals surface area contributed by atoms with Gasteiger partial charge in [0, 0.05) is 45.3 Å². The molecule has 0 radical (unpaired) electrons. The molecule has 1 amide bonds. The van der Waals surface area contributed by atoms with E-state index in [1.54, 1.807) is 0 Å². The van der Waals surface area contributed by atoms with E-state index >= 15 is 0 Å². The van der Waals surface area contributed by atoms with E-state index in [1.165, 1.54) is 18.4 Å². The number of carbonyl (C=O) groups excluding carboxylic acids is 1. The lowest BCUT2D eigenvalue weighted by Gasteiger charge is -2.49. The number of aryl methyl sites for hydroxylation is 1. The second kappa shape index (κ2) is 7.39. The number of fused-ring (bicyclic) bond motifs is 1. The van der Waals surface area contributed by atoms with Crippen molar-refractivity contribution in [1.82, 2.24) is 18.8 Å². The third-order valence-electron chi connectivity index (χ3n) is 6.91. The Kier molecular flexibility index (Phi) is 5.18. The summed E-state index contributed by atoms with van der Waals surface area (Å²) in [6.07, 6.45) is 6.90. The van der Waals surface area contributed by atoms with Crippen LogP contribution in [-0.4, -0.2) is 46.9 Å². The zero-order valence-corrected chi connectivity index (χ0v) is 17.7. The predicted molar refractivity (Wildman–Crippen MR) is 106 cm³/mol. The largest absolute Gasteiger partial charge is 0.353 e. The monoisotopic (exact) mass is 424 g/mol. The minimum atomic E-state index is -4.04. The van der Waals surface area contributed by atoms with Gasteiger partial charge >= 0.3 is 5.69 Å². The van der Waals surface area contributed by atoms with E-state index in [-0.39, 0.29) is 30.3 Å². The quantitative estimate of drug-likeness (QED) is 0.719. The Balaban J connectivity index is 1.52. The molecule has 0 unspecified atom stereocenters. The number of hydrogen-bond donors (Lipinski definition) is 1. The zero-order chi connectivity index (χ0) is 20.9. The van der Waals surface area contributed by atoms with Gasteiger partial charge in [0.2, 0.25) is 15.9 Å². The first kappa shape index (κ1) is 20.3. The topological polar surface area (TPSA) is 110 Å². The average molecular weight is 425 g/mol. The van der Waals surface area contributed by atoms with Crippen molar-refractivity contribution in [1.29, 1.82) is 0 Å². The van der Waals surface area contributed by atoms with Crippen LogP contribution in [0.2, 0.25) is 0 Å². The van der Waals surface area contributed by atoms with Gasteiger partial charge in [0.1, 0.15) is 0 Å². The van der Waals surface area contributed by atoms with E-state index in [2.05, 4.69) is 5.32 Å². The zero-order valence-electron chi connectivity index (χ0n) is 16.8. The molecule has 1 aromatic rings. The fourth-order valence-electron chi connectivity index (χ4n) is 5.04. The minimum absolute atomic E-state index is 0.0173.